The van der Waals surface area contributed by atoms with E-state index in [9.17, 15) is 9.90 Å². The molecule has 14 heavy (non-hydrogen) atoms. The standard InChI is InChI=1S/C8H11BrN2O3/c1-14-3-2-11-8(7(13)5-12)6(9)4-10-11/h4-5,7,13H,2-3H2,1H3. The maximum absolute atomic E-state index is 10.4. The molecule has 1 rings (SSSR count). The molecule has 5 nitrogen and oxygen atoms in total. The second-order valence-electron chi connectivity index (χ2n) is 2.67. The van der Waals surface area contributed by atoms with Gasteiger partial charge in [0.15, 0.2) is 12.4 Å². The lowest BCUT2D eigenvalue weighted by Gasteiger charge is -2.08. The minimum atomic E-state index is -1.15. The molecule has 1 N–H and O–H groups in total. The number of ether oxygens (including phenoxy) is 1. The fourth-order valence-electron chi connectivity index (χ4n) is 1.09. The Balaban J connectivity index is 2.87. The third-order valence-corrected chi connectivity index (χ3v) is 2.36. The molecule has 0 fully saturated rings. The quantitative estimate of drug-likeness (QED) is 0.787. The SMILES string of the molecule is COCCn1ncc(Br)c1C(O)C=O. The molecule has 1 aromatic rings. The molecule has 78 valence electrons. The molecule has 0 bridgehead atoms. The summed E-state index contributed by atoms with van der Waals surface area (Å²) in [6.45, 7) is 0.981. The van der Waals surface area contributed by atoms with E-state index in [2.05, 4.69) is 21.0 Å². The molecule has 0 radical (unpaired) electrons. The molecule has 1 atom stereocenters. The molecule has 0 saturated carbocycles. The maximum atomic E-state index is 10.4. The predicted octanol–water partition coefficient (Wildman–Crippen LogP) is 0.524. The van der Waals surface area contributed by atoms with Crippen molar-refractivity contribution in [2.45, 2.75) is 12.6 Å². The van der Waals surface area contributed by atoms with Crippen molar-refractivity contribution in [2.24, 2.45) is 0 Å². The zero-order valence-electron chi connectivity index (χ0n) is 7.68. The summed E-state index contributed by atoms with van der Waals surface area (Å²) in [6, 6.07) is 0. The largest absolute Gasteiger partial charge is 0.383 e. The minimum Gasteiger partial charge on any atom is -0.383 e. The first-order valence-electron chi connectivity index (χ1n) is 4.04. The Morgan fingerprint density at radius 1 is 1.86 bits per heavy atom. The van der Waals surface area contributed by atoms with Gasteiger partial charge in [-0.2, -0.15) is 5.10 Å². The van der Waals surface area contributed by atoms with E-state index < -0.39 is 6.10 Å². The van der Waals surface area contributed by atoms with Gasteiger partial charge in [-0.25, -0.2) is 0 Å². The van der Waals surface area contributed by atoms with Crippen LogP contribution in [0.4, 0.5) is 0 Å². The lowest BCUT2D eigenvalue weighted by molar-refractivity contribution is -0.115. The summed E-state index contributed by atoms with van der Waals surface area (Å²) in [5.74, 6) is 0. The van der Waals surface area contributed by atoms with Crippen LogP contribution in [-0.2, 0) is 16.1 Å². The van der Waals surface area contributed by atoms with Gasteiger partial charge in [0.2, 0.25) is 0 Å². The van der Waals surface area contributed by atoms with Gasteiger partial charge in [-0.3, -0.25) is 4.68 Å². The third-order valence-electron chi connectivity index (χ3n) is 1.75. The molecular formula is C8H11BrN2O3. The monoisotopic (exact) mass is 262 g/mol. The first-order valence-corrected chi connectivity index (χ1v) is 4.83. The van der Waals surface area contributed by atoms with Gasteiger partial charge in [-0.15, -0.1) is 0 Å². The van der Waals surface area contributed by atoms with E-state index in [1.54, 1.807) is 7.11 Å². The van der Waals surface area contributed by atoms with E-state index in [1.165, 1.54) is 10.9 Å². The lowest BCUT2D eigenvalue weighted by atomic mass is 10.3. The van der Waals surface area contributed by atoms with E-state index in [0.29, 0.717) is 29.6 Å². The molecule has 0 aliphatic heterocycles. The van der Waals surface area contributed by atoms with Gasteiger partial charge in [-0.05, 0) is 15.9 Å². The third kappa shape index (κ3) is 2.40. The number of hydrogen-bond donors (Lipinski definition) is 1. The van der Waals surface area contributed by atoms with Gasteiger partial charge in [0.1, 0.15) is 0 Å². The van der Waals surface area contributed by atoms with Crippen LogP contribution in [0.25, 0.3) is 0 Å². The van der Waals surface area contributed by atoms with Crippen molar-refractivity contribution in [2.75, 3.05) is 13.7 Å². The Morgan fingerprint density at radius 2 is 2.57 bits per heavy atom. The van der Waals surface area contributed by atoms with Crippen LogP contribution in [0.2, 0.25) is 0 Å². The van der Waals surface area contributed by atoms with Crippen LogP contribution in [0.5, 0.6) is 0 Å². The number of aliphatic hydroxyl groups excluding tert-OH is 1. The number of carbonyl (C=O) groups is 1. The van der Waals surface area contributed by atoms with Crippen molar-refractivity contribution < 1.29 is 14.6 Å². The Morgan fingerprint density at radius 3 is 3.14 bits per heavy atom. The number of hydrogen-bond acceptors (Lipinski definition) is 4. The van der Waals surface area contributed by atoms with E-state index in [1.807, 2.05) is 0 Å². The second-order valence-corrected chi connectivity index (χ2v) is 3.53. The van der Waals surface area contributed by atoms with E-state index >= 15 is 0 Å². The first kappa shape index (κ1) is 11.4. The number of nitrogens with zero attached hydrogens (tertiary/aromatic N) is 2. The van der Waals surface area contributed by atoms with Crippen LogP contribution in [-0.4, -0.2) is 34.9 Å². The summed E-state index contributed by atoms with van der Waals surface area (Å²) in [6.07, 6.45) is 0.853. The summed E-state index contributed by atoms with van der Waals surface area (Å²) in [4.78, 5) is 10.4. The number of aromatic nitrogens is 2. The first-order chi connectivity index (χ1) is 6.70. The van der Waals surface area contributed by atoms with E-state index in [0.717, 1.165) is 0 Å². The summed E-state index contributed by atoms with van der Waals surface area (Å²) < 4.78 is 7.03. The highest BCUT2D eigenvalue weighted by Crippen LogP contribution is 2.21. The topological polar surface area (TPSA) is 64.3 Å². The number of aldehydes is 1. The van der Waals surface area contributed by atoms with Gasteiger partial charge < -0.3 is 14.6 Å². The van der Waals surface area contributed by atoms with Crippen LogP contribution in [0.15, 0.2) is 10.7 Å². The van der Waals surface area contributed by atoms with Crippen molar-refractivity contribution >= 4 is 22.2 Å². The van der Waals surface area contributed by atoms with Crippen LogP contribution in [0, 0.1) is 0 Å². The highest BCUT2D eigenvalue weighted by molar-refractivity contribution is 9.10. The average Bonchev–Trinajstić information content (AvgIpc) is 2.55. The number of methoxy groups -OCH3 is 1. The average molecular weight is 263 g/mol. The van der Waals surface area contributed by atoms with Crippen LogP contribution in [0.3, 0.4) is 0 Å². The number of halogens is 1. The molecule has 1 heterocycles. The molecule has 0 aromatic carbocycles. The van der Waals surface area contributed by atoms with Gasteiger partial charge in [-0.1, -0.05) is 0 Å². The highest BCUT2D eigenvalue weighted by atomic mass is 79.9. The fraction of sp³-hybridized carbons (Fsp3) is 0.500. The molecule has 1 aromatic heterocycles. The van der Waals surface area contributed by atoms with E-state index in [4.69, 9.17) is 4.74 Å². The summed E-state index contributed by atoms with van der Waals surface area (Å²) >= 11 is 3.21. The predicted molar refractivity (Wildman–Crippen MR) is 52.8 cm³/mol. The van der Waals surface area contributed by atoms with Crippen LogP contribution < -0.4 is 0 Å². The van der Waals surface area contributed by atoms with Gasteiger partial charge in [0.25, 0.3) is 0 Å². The molecule has 0 saturated heterocycles. The summed E-state index contributed by atoms with van der Waals surface area (Å²) in [5.41, 5.74) is 0.456. The van der Waals surface area contributed by atoms with Crippen molar-refractivity contribution in [1.29, 1.82) is 0 Å². The van der Waals surface area contributed by atoms with Crippen molar-refractivity contribution in [3.63, 3.8) is 0 Å². The zero-order valence-corrected chi connectivity index (χ0v) is 9.27. The molecular weight excluding hydrogens is 252 g/mol. The Labute approximate surface area is 89.8 Å². The minimum absolute atomic E-state index is 0.456. The molecule has 0 aliphatic rings. The molecule has 0 amide bonds. The maximum Gasteiger partial charge on any atom is 0.154 e. The van der Waals surface area contributed by atoms with Gasteiger partial charge in [0.05, 0.1) is 29.5 Å². The normalized spacial score (nSPS) is 12.8. The van der Waals surface area contributed by atoms with Crippen LogP contribution >= 0.6 is 15.9 Å². The molecule has 1 unspecified atom stereocenters. The Bertz CT molecular complexity index is 314. The Hall–Kier alpha value is -0.720. The van der Waals surface area contributed by atoms with Gasteiger partial charge in [0, 0.05) is 7.11 Å². The fourth-order valence-corrected chi connectivity index (χ4v) is 1.62. The number of carbonyl (C=O) groups excluding carboxylic acids is 1. The van der Waals surface area contributed by atoms with Gasteiger partial charge >= 0.3 is 0 Å². The summed E-state index contributed by atoms with van der Waals surface area (Å²) in [5, 5.41) is 13.4. The molecule has 6 heteroatoms. The zero-order chi connectivity index (χ0) is 10.6. The molecule has 0 spiro atoms. The summed E-state index contributed by atoms with van der Waals surface area (Å²) in [7, 11) is 1.58. The van der Waals surface area contributed by atoms with Crippen molar-refractivity contribution in [3.8, 4) is 0 Å². The van der Waals surface area contributed by atoms with Crippen molar-refractivity contribution in [1.82, 2.24) is 9.78 Å². The highest BCUT2D eigenvalue weighted by Gasteiger charge is 2.16. The number of aliphatic hydroxyl groups is 1. The van der Waals surface area contributed by atoms with Crippen LogP contribution in [0.1, 0.15) is 11.8 Å². The van der Waals surface area contributed by atoms with Crippen molar-refractivity contribution in [3.05, 3.63) is 16.4 Å². The Kier molecular flexibility index (Phi) is 4.24. The lowest BCUT2D eigenvalue weighted by Crippen LogP contribution is -2.13. The smallest absolute Gasteiger partial charge is 0.154 e. The number of rotatable bonds is 5. The molecule has 0 aliphatic carbocycles. The van der Waals surface area contributed by atoms with E-state index in [-0.39, 0.29) is 0 Å². The second kappa shape index (κ2) is 5.23.